The molecule has 0 saturated carbocycles. The highest BCUT2D eigenvalue weighted by Crippen LogP contribution is 2.34. The lowest BCUT2D eigenvalue weighted by Gasteiger charge is -2.27. The van der Waals surface area contributed by atoms with Crippen molar-refractivity contribution in [3.05, 3.63) is 72.1 Å². The Kier molecular flexibility index (Phi) is 3.84. The Hall–Kier alpha value is -2.95. The van der Waals surface area contributed by atoms with Crippen LogP contribution < -0.4 is 0 Å². The van der Waals surface area contributed by atoms with Gasteiger partial charge in [0.2, 0.25) is 5.91 Å². The van der Waals surface area contributed by atoms with Crippen molar-refractivity contribution in [1.29, 1.82) is 0 Å². The molecule has 1 atom stereocenters. The number of pyridine rings is 1. The number of carbonyl (C=O) groups is 2. The Bertz CT molecular complexity index is 812. The summed E-state index contributed by atoms with van der Waals surface area (Å²) in [6.07, 6.45) is 5.40. The lowest BCUT2D eigenvalue weighted by molar-refractivity contribution is -0.132. The van der Waals surface area contributed by atoms with Crippen molar-refractivity contribution in [1.82, 2.24) is 14.8 Å². The summed E-state index contributed by atoms with van der Waals surface area (Å²) in [6, 6.07) is 11.3. The summed E-state index contributed by atoms with van der Waals surface area (Å²) < 4.78 is 0. The van der Waals surface area contributed by atoms with Gasteiger partial charge < -0.3 is 4.90 Å². The largest absolute Gasteiger partial charge is 0.334 e. The minimum Gasteiger partial charge on any atom is -0.334 e. The van der Waals surface area contributed by atoms with Gasteiger partial charge in [0.05, 0.1) is 6.04 Å². The van der Waals surface area contributed by atoms with Gasteiger partial charge in [0, 0.05) is 35.8 Å². The van der Waals surface area contributed by atoms with E-state index in [2.05, 4.69) is 11.6 Å². The molecule has 126 valence electrons. The molecule has 2 aliphatic heterocycles. The molecule has 0 aliphatic carbocycles. The Balaban J connectivity index is 1.53. The van der Waals surface area contributed by atoms with E-state index in [9.17, 15) is 9.59 Å². The molecule has 25 heavy (non-hydrogen) atoms. The first-order valence-electron chi connectivity index (χ1n) is 8.46. The van der Waals surface area contributed by atoms with Gasteiger partial charge in [-0.25, -0.2) is 0 Å². The number of likely N-dealkylation sites (tertiary alicyclic amines) is 1. The van der Waals surface area contributed by atoms with Crippen molar-refractivity contribution in [2.45, 2.75) is 18.9 Å². The number of benzene rings is 1. The molecular weight excluding hydrogens is 314 g/mol. The van der Waals surface area contributed by atoms with Gasteiger partial charge >= 0.3 is 0 Å². The van der Waals surface area contributed by atoms with Gasteiger partial charge in [-0.2, -0.15) is 0 Å². The van der Waals surface area contributed by atoms with Crippen LogP contribution in [0.1, 0.15) is 40.4 Å². The van der Waals surface area contributed by atoms with Crippen molar-refractivity contribution in [3.63, 3.8) is 0 Å². The molecule has 0 N–H and O–H groups in total. The van der Waals surface area contributed by atoms with Gasteiger partial charge in [0.25, 0.3) is 5.91 Å². The maximum Gasteiger partial charge on any atom is 0.259 e. The predicted molar refractivity (Wildman–Crippen MR) is 94.4 cm³/mol. The van der Waals surface area contributed by atoms with Crippen LogP contribution in [0.3, 0.4) is 0 Å². The molecule has 2 aliphatic rings. The molecule has 0 radical (unpaired) electrons. The van der Waals surface area contributed by atoms with Crippen molar-refractivity contribution in [2.24, 2.45) is 0 Å². The minimum atomic E-state index is -0.145. The summed E-state index contributed by atoms with van der Waals surface area (Å²) in [6.45, 7) is 4.76. The van der Waals surface area contributed by atoms with Gasteiger partial charge in [-0.05, 0) is 36.6 Å². The maximum atomic E-state index is 12.9. The SMILES string of the molecule is C=C1c2ccccc2C(=O)N1CC(=O)N1CCCC1c1ccncc1. The number of rotatable bonds is 3. The van der Waals surface area contributed by atoms with E-state index in [1.165, 1.54) is 4.90 Å². The molecule has 1 unspecified atom stereocenters. The molecule has 1 aromatic carbocycles. The quantitative estimate of drug-likeness (QED) is 0.868. The van der Waals surface area contributed by atoms with Crippen molar-refractivity contribution >= 4 is 17.5 Å². The predicted octanol–water partition coefficient (Wildman–Crippen LogP) is 2.87. The average Bonchev–Trinajstić information content (AvgIpc) is 3.23. The van der Waals surface area contributed by atoms with E-state index in [0.29, 0.717) is 17.8 Å². The molecule has 1 aromatic heterocycles. The second-order valence-electron chi connectivity index (χ2n) is 6.41. The van der Waals surface area contributed by atoms with Gasteiger partial charge in [-0.15, -0.1) is 0 Å². The normalized spacial score (nSPS) is 19.4. The molecule has 5 nitrogen and oxygen atoms in total. The van der Waals surface area contributed by atoms with Crippen molar-refractivity contribution < 1.29 is 9.59 Å². The van der Waals surface area contributed by atoms with Gasteiger partial charge in [-0.3, -0.25) is 19.5 Å². The lowest BCUT2D eigenvalue weighted by Crippen LogP contribution is -2.39. The monoisotopic (exact) mass is 333 g/mol. The number of nitrogens with zero attached hydrogens (tertiary/aromatic N) is 3. The molecule has 0 spiro atoms. The maximum absolute atomic E-state index is 12.9. The van der Waals surface area contributed by atoms with Crippen LogP contribution in [0.5, 0.6) is 0 Å². The molecule has 4 rings (SSSR count). The second-order valence-corrected chi connectivity index (χ2v) is 6.41. The summed E-state index contributed by atoms with van der Waals surface area (Å²) in [5.41, 5.74) is 3.13. The van der Waals surface area contributed by atoms with E-state index in [0.717, 1.165) is 24.0 Å². The Morgan fingerprint density at radius 3 is 2.60 bits per heavy atom. The number of aromatic nitrogens is 1. The molecular formula is C20H19N3O2. The van der Waals surface area contributed by atoms with Gasteiger partial charge in [0.1, 0.15) is 6.54 Å². The standard InChI is InChI=1S/C20H19N3O2/c1-14-16-5-2-3-6-17(16)20(25)23(14)13-19(24)22-12-4-7-18(22)15-8-10-21-11-9-15/h2-3,5-6,8-11,18H,1,4,7,12-13H2. The average molecular weight is 333 g/mol. The Morgan fingerprint density at radius 1 is 1.16 bits per heavy atom. The fraction of sp³-hybridized carbons (Fsp3) is 0.250. The summed E-state index contributed by atoms with van der Waals surface area (Å²) in [5.74, 6) is -0.185. The molecule has 2 aromatic rings. The number of hydrogen-bond acceptors (Lipinski definition) is 3. The van der Waals surface area contributed by atoms with E-state index in [1.54, 1.807) is 18.5 Å². The number of carbonyl (C=O) groups excluding carboxylic acids is 2. The first-order valence-corrected chi connectivity index (χ1v) is 8.46. The molecule has 2 amide bonds. The van der Waals surface area contributed by atoms with Crippen LogP contribution >= 0.6 is 0 Å². The van der Waals surface area contributed by atoms with Crippen LogP contribution in [0.15, 0.2) is 55.4 Å². The molecule has 1 fully saturated rings. The summed E-state index contributed by atoms with van der Waals surface area (Å²) >= 11 is 0. The van der Waals surface area contributed by atoms with Crippen molar-refractivity contribution in [2.75, 3.05) is 13.1 Å². The molecule has 1 saturated heterocycles. The first kappa shape index (κ1) is 15.6. The smallest absolute Gasteiger partial charge is 0.259 e. The lowest BCUT2D eigenvalue weighted by atomic mass is 10.1. The Labute approximate surface area is 146 Å². The minimum absolute atomic E-state index is 0.0356. The third-order valence-electron chi connectivity index (χ3n) is 5.00. The molecule has 0 bridgehead atoms. The third kappa shape index (κ3) is 2.61. The highest BCUT2D eigenvalue weighted by atomic mass is 16.2. The topological polar surface area (TPSA) is 53.5 Å². The zero-order valence-corrected chi connectivity index (χ0v) is 13.9. The first-order chi connectivity index (χ1) is 12.2. The van der Waals surface area contributed by atoms with Gasteiger partial charge in [-0.1, -0.05) is 24.8 Å². The van der Waals surface area contributed by atoms with Crippen LogP contribution in [0, 0.1) is 0 Å². The highest BCUT2D eigenvalue weighted by molar-refractivity contribution is 6.10. The van der Waals surface area contributed by atoms with Crippen LogP contribution in [0.25, 0.3) is 5.70 Å². The third-order valence-corrected chi connectivity index (χ3v) is 5.00. The van der Waals surface area contributed by atoms with Crippen molar-refractivity contribution in [3.8, 4) is 0 Å². The highest BCUT2D eigenvalue weighted by Gasteiger charge is 2.36. The number of hydrogen-bond donors (Lipinski definition) is 0. The fourth-order valence-electron chi connectivity index (χ4n) is 3.73. The summed E-state index contributed by atoms with van der Waals surface area (Å²) in [4.78, 5) is 32.9. The van der Waals surface area contributed by atoms with Crippen LogP contribution in [0.2, 0.25) is 0 Å². The zero-order valence-electron chi connectivity index (χ0n) is 13.9. The van der Waals surface area contributed by atoms with Crippen LogP contribution in [-0.4, -0.2) is 39.7 Å². The van der Waals surface area contributed by atoms with E-state index < -0.39 is 0 Å². The summed E-state index contributed by atoms with van der Waals surface area (Å²) in [5, 5.41) is 0. The zero-order chi connectivity index (χ0) is 17.4. The Morgan fingerprint density at radius 2 is 1.88 bits per heavy atom. The number of fused-ring (bicyclic) bond motifs is 1. The van der Waals surface area contributed by atoms with E-state index >= 15 is 0 Å². The summed E-state index contributed by atoms with van der Waals surface area (Å²) in [7, 11) is 0. The van der Waals surface area contributed by atoms with E-state index in [1.807, 2.05) is 35.2 Å². The molecule has 3 heterocycles. The second kappa shape index (κ2) is 6.16. The van der Waals surface area contributed by atoms with Crippen LogP contribution in [0.4, 0.5) is 0 Å². The van der Waals surface area contributed by atoms with Gasteiger partial charge in [0.15, 0.2) is 0 Å². The number of amides is 2. The van der Waals surface area contributed by atoms with E-state index in [-0.39, 0.29) is 24.4 Å². The van der Waals surface area contributed by atoms with Crippen LogP contribution in [-0.2, 0) is 4.79 Å². The fourth-order valence-corrected chi connectivity index (χ4v) is 3.73. The molecule has 5 heteroatoms. The van der Waals surface area contributed by atoms with E-state index in [4.69, 9.17) is 0 Å².